The summed E-state index contributed by atoms with van der Waals surface area (Å²) in [5.41, 5.74) is 0.482. The van der Waals surface area contributed by atoms with E-state index < -0.39 is 16.1 Å². The average molecular weight is 508 g/mol. The summed E-state index contributed by atoms with van der Waals surface area (Å²) < 4.78 is 33.5. The summed E-state index contributed by atoms with van der Waals surface area (Å²) in [5.74, 6) is 0.679. The van der Waals surface area contributed by atoms with Crippen LogP contribution < -0.4 is 9.46 Å². The summed E-state index contributed by atoms with van der Waals surface area (Å²) in [6.45, 7) is 3.43. The zero-order valence-electron chi connectivity index (χ0n) is 17.0. The molecule has 31 heavy (non-hydrogen) atoms. The van der Waals surface area contributed by atoms with Crippen molar-refractivity contribution in [2.75, 3.05) is 26.2 Å². The SMILES string of the molecule is Cc1c(Cl)cccc1S(=O)(=O)NC[C@@H](O)CN1CCC(Oc2ccc(Cl)c(Cl)c2)CC1. The number of hydrogen-bond acceptors (Lipinski definition) is 5. The van der Waals surface area contributed by atoms with Gasteiger partial charge in [0.1, 0.15) is 11.9 Å². The monoisotopic (exact) mass is 506 g/mol. The summed E-state index contributed by atoms with van der Waals surface area (Å²) in [4.78, 5) is 2.21. The van der Waals surface area contributed by atoms with Crippen molar-refractivity contribution >= 4 is 44.8 Å². The first-order chi connectivity index (χ1) is 14.7. The highest BCUT2D eigenvalue weighted by Gasteiger charge is 2.24. The van der Waals surface area contributed by atoms with E-state index in [1.54, 1.807) is 37.3 Å². The van der Waals surface area contributed by atoms with Crippen LogP contribution in [0.3, 0.4) is 0 Å². The maximum absolute atomic E-state index is 12.5. The number of likely N-dealkylation sites (tertiary alicyclic amines) is 1. The Labute approximate surface area is 198 Å². The minimum atomic E-state index is -3.75. The van der Waals surface area contributed by atoms with Gasteiger partial charge in [0.25, 0.3) is 0 Å². The molecule has 1 heterocycles. The molecule has 1 aliphatic heterocycles. The summed E-state index contributed by atoms with van der Waals surface area (Å²) >= 11 is 18.0. The molecule has 0 amide bonds. The zero-order valence-corrected chi connectivity index (χ0v) is 20.1. The van der Waals surface area contributed by atoms with E-state index in [0.717, 1.165) is 25.9 Å². The lowest BCUT2D eigenvalue weighted by Crippen LogP contribution is -2.45. The van der Waals surface area contributed by atoms with Gasteiger partial charge in [-0.05, 0) is 49.6 Å². The van der Waals surface area contributed by atoms with Crippen LogP contribution in [0.5, 0.6) is 5.75 Å². The molecule has 0 saturated carbocycles. The Balaban J connectivity index is 1.45. The predicted octanol–water partition coefficient (Wildman–Crippen LogP) is 4.14. The highest BCUT2D eigenvalue weighted by molar-refractivity contribution is 7.89. The van der Waals surface area contributed by atoms with Crippen molar-refractivity contribution in [3.05, 3.63) is 57.0 Å². The molecule has 0 aliphatic carbocycles. The van der Waals surface area contributed by atoms with Gasteiger partial charge in [0, 0.05) is 37.3 Å². The Hall–Kier alpha value is -1.06. The number of nitrogens with one attached hydrogen (secondary N) is 1. The lowest BCUT2D eigenvalue weighted by molar-refractivity contribution is 0.0630. The van der Waals surface area contributed by atoms with Gasteiger partial charge in [-0.3, -0.25) is 0 Å². The third-order valence-corrected chi connectivity index (χ3v) is 7.93. The van der Waals surface area contributed by atoms with Crippen molar-refractivity contribution in [1.82, 2.24) is 9.62 Å². The molecule has 0 bridgehead atoms. The van der Waals surface area contributed by atoms with Crippen LogP contribution in [-0.2, 0) is 10.0 Å². The first-order valence-electron chi connectivity index (χ1n) is 9.92. The molecule has 3 rings (SSSR count). The van der Waals surface area contributed by atoms with Gasteiger partial charge < -0.3 is 14.7 Å². The van der Waals surface area contributed by atoms with E-state index >= 15 is 0 Å². The molecule has 170 valence electrons. The number of nitrogens with zero attached hydrogens (tertiary/aromatic N) is 1. The second-order valence-electron chi connectivity index (χ2n) is 7.56. The molecule has 2 N–H and O–H groups in total. The fraction of sp³-hybridized carbons (Fsp3) is 0.429. The molecule has 1 fully saturated rings. The number of piperidine rings is 1. The molecule has 6 nitrogen and oxygen atoms in total. The number of benzene rings is 2. The smallest absolute Gasteiger partial charge is 0.240 e. The van der Waals surface area contributed by atoms with Gasteiger partial charge in [0.2, 0.25) is 10.0 Å². The minimum absolute atomic E-state index is 0.0509. The number of rotatable bonds is 8. The van der Waals surface area contributed by atoms with Crippen LogP contribution in [0.1, 0.15) is 18.4 Å². The fourth-order valence-corrected chi connectivity index (χ4v) is 5.33. The topological polar surface area (TPSA) is 78.9 Å². The van der Waals surface area contributed by atoms with E-state index in [9.17, 15) is 13.5 Å². The molecule has 10 heteroatoms. The normalized spacial score (nSPS) is 16.9. The summed E-state index contributed by atoms with van der Waals surface area (Å²) in [7, 11) is -3.75. The molecule has 0 radical (unpaired) electrons. The maximum Gasteiger partial charge on any atom is 0.240 e. The Morgan fingerprint density at radius 2 is 1.84 bits per heavy atom. The third-order valence-electron chi connectivity index (χ3n) is 5.21. The molecule has 0 spiro atoms. The van der Waals surface area contributed by atoms with E-state index in [4.69, 9.17) is 39.5 Å². The molecular weight excluding hydrogens is 483 g/mol. The van der Waals surface area contributed by atoms with Gasteiger partial charge in [-0.2, -0.15) is 0 Å². The lowest BCUT2D eigenvalue weighted by Gasteiger charge is -2.33. The van der Waals surface area contributed by atoms with Gasteiger partial charge in [0.15, 0.2) is 0 Å². The molecule has 1 saturated heterocycles. The van der Waals surface area contributed by atoms with Crippen LogP contribution >= 0.6 is 34.8 Å². The highest BCUT2D eigenvalue weighted by atomic mass is 35.5. The quantitative estimate of drug-likeness (QED) is 0.561. The average Bonchev–Trinajstić information content (AvgIpc) is 2.73. The predicted molar refractivity (Wildman–Crippen MR) is 124 cm³/mol. The minimum Gasteiger partial charge on any atom is -0.490 e. The Morgan fingerprint density at radius 1 is 1.13 bits per heavy atom. The number of aliphatic hydroxyl groups is 1. The molecule has 1 atom stereocenters. The van der Waals surface area contributed by atoms with Crippen LogP contribution in [0.2, 0.25) is 15.1 Å². The van der Waals surface area contributed by atoms with Crippen molar-refractivity contribution in [2.45, 2.75) is 36.9 Å². The van der Waals surface area contributed by atoms with Crippen LogP contribution in [-0.4, -0.2) is 56.8 Å². The second kappa shape index (κ2) is 10.7. The maximum atomic E-state index is 12.5. The summed E-state index contributed by atoms with van der Waals surface area (Å²) in [5, 5.41) is 11.7. The van der Waals surface area contributed by atoms with Gasteiger partial charge in [0.05, 0.1) is 21.0 Å². The largest absolute Gasteiger partial charge is 0.490 e. The number of aliphatic hydroxyl groups excluding tert-OH is 1. The fourth-order valence-electron chi connectivity index (χ4n) is 3.48. The van der Waals surface area contributed by atoms with Gasteiger partial charge in [-0.1, -0.05) is 40.9 Å². The highest BCUT2D eigenvalue weighted by Crippen LogP contribution is 2.28. The van der Waals surface area contributed by atoms with E-state index in [0.29, 0.717) is 32.9 Å². The first kappa shape index (κ1) is 24.6. The zero-order chi connectivity index (χ0) is 22.6. The number of hydrogen-bond donors (Lipinski definition) is 2. The van der Waals surface area contributed by atoms with Crippen molar-refractivity contribution < 1.29 is 18.3 Å². The molecule has 2 aromatic rings. The standard InChI is InChI=1S/C21H25Cl3N2O4S/c1-14-18(22)3-2-4-21(14)31(28,29)25-12-15(27)13-26-9-7-16(8-10-26)30-17-5-6-19(23)20(24)11-17/h2-6,11,15-16,25,27H,7-10,12-13H2,1H3/t15-/m1/s1. The summed E-state index contributed by atoms with van der Waals surface area (Å²) in [6, 6.07) is 9.92. The lowest BCUT2D eigenvalue weighted by atomic mass is 10.1. The number of sulfonamides is 1. The van der Waals surface area contributed by atoms with Crippen molar-refractivity contribution in [3.63, 3.8) is 0 Å². The third kappa shape index (κ3) is 6.71. The molecule has 0 unspecified atom stereocenters. The van der Waals surface area contributed by atoms with E-state index in [1.165, 1.54) is 6.07 Å². The Bertz CT molecular complexity index is 1010. The molecule has 0 aromatic heterocycles. The van der Waals surface area contributed by atoms with Crippen molar-refractivity contribution in [2.24, 2.45) is 0 Å². The van der Waals surface area contributed by atoms with E-state index in [1.807, 2.05) is 0 Å². The van der Waals surface area contributed by atoms with Gasteiger partial charge in [-0.25, -0.2) is 13.1 Å². The number of halogens is 3. The van der Waals surface area contributed by atoms with Gasteiger partial charge in [-0.15, -0.1) is 0 Å². The number of β-amino-alcohol motifs (C(OH)–C–C–N with tert-alkyl or cyclic N) is 1. The van der Waals surface area contributed by atoms with Crippen LogP contribution in [0.15, 0.2) is 41.3 Å². The molecule has 1 aliphatic rings. The molecular formula is C21H25Cl3N2O4S. The van der Waals surface area contributed by atoms with Gasteiger partial charge >= 0.3 is 0 Å². The number of ether oxygens (including phenoxy) is 1. The van der Waals surface area contributed by atoms with E-state index in [-0.39, 0.29) is 17.5 Å². The van der Waals surface area contributed by atoms with Crippen molar-refractivity contribution in [3.8, 4) is 5.75 Å². The van der Waals surface area contributed by atoms with Crippen LogP contribution in [0, 0.1) is 6.92 Å². The van der Waals surface area contributed by atoms with E-state index in [2.05, 4.69) is 9.62 Å². The second-order valence-corrected chi connectivity index (χ2v) is 10.5. The van der Waals surface area contributed by atoms with Crippen LogP contribution in [0.25, 0.3) is 0 Å². The Kier molecular flexibility index (Phi) is 8.49. The molecule has 2 aromatic carbocycles. The van der Waals surface area contributed by atoms with Crippen LogP contribution in [0.4, 0.5) is 0 Å². The first-order valence-corrected chi connectivity index (χ1v) is 12.5. The summed E-state index contributed by atoms with van der Waals surface area (Å²) in [6.07, 6.45) is 0.803. The Morgan fingerprint density at radius 3 is 2.52 bits per heavy atom. The van der Waals surface area contributed by atoms with Crippen molar-refractivity contribution in [1.29, 1.82) is 0 Å².